The van der Waals surface area contributed by atoms with Gasteiger partial charge in [-0.1, -0.05) is 36.4 Å². The lowest BCUT2D eigenvalue weighted by atomic mass is 10.1. The fourth-order valence-corrected chi connectivity index (χ4v) is 3.47. The Morgan fingerprint density at radius 1 is 1.00 bits per heavy atom. The van der Waals surface area contributed by atoms with Gasteiger partial charge in [-0.05, 0) is 43.6 Å². The molecule has 0 aliphatic carbocycles. The summed E-state index contributed by atoms with van der Waals surface area (Å²) in [5, 5.41) is 4.25. The number of para-hydroxylation sites is 1. The van der Waals surface area contributed by atoms with Gasteiger partial charge in [-0.25, -0.2) is 14.4 Å². The van der Waals surface area contributed by atoms with Crippen molar-refractivity contribution in [2.45, 2.75) is 18.9 Å². The first-order valence-electron chi connectivity index (χ1n) is 8.74. The predicted octanol–water partition coefficient (Wildman–Crippen LogP) is 4.02. The molecule has 1 fully saturated rings. The zero-order chi connectivity index (χ0) is 17.1. The zero-order valence-corrected chi connectivity index (χ0v) is 14.0. The summed E-state index contributed by atoms with van der Waals surface area (Å²) in [6.45, 7) is 3.17. The van der Waals surface area contributed by atoms with Crippen molar-refractivity contribution in [3.63, 3.8) is 0 Å². The molecule has 4 nitrogen and oxygen atoms in total. The molecule has 0 saturated carbocycles. The Morgan fingerprint density at radius 3 is 2.60 bits per heavy atom. The van der Waals surface area contributed by atoms with Gasteiger partial charge in [0.25, 0.3) is 0 Å². The first-order valence-corrected chi connectivity index (χ1v) is 8.74. The first-order chi connectivity index (χ1) is 12.3. The lowest BCUT2D eigenvalue weighted by Gasteiger charge is -2.25. The molecule has 1 atom stereocenters. The number of rotatable bonds is 5. The first kappa shape index (κ1) is 16.0. The third-order valence-corrected chi connectivity index (χ3v) is 4.77. The van der Waals surface area contributed by atoms with E-state index in [4.69, 9.17) is 0 Å². The minimum atomic E-state index is -0.321. The molecule has 2 heterocycles. The van der Waals surface area contributed by atoms with Gasteiger partial charge in [0, 0.05) is 11.9 Å². The smallest absolute Gasteiger partial charge is 0.149 e. The number of nitrogens with one attached hydrogen (secondary N) is 1. The number of hydrogen-bond donors (Lipinski definition) is 1. The van der Waals surface area contributed by atoms with E-state index in [-0.39, 0.29) is 11.9 Å². The fraction of sp³-hybridized carbons (Fsp3) is 0.300. The van der Waals surface area contributed by atoms with Crippen LogP contribution in [0.2, 0.25) is 0 Å². The van der Waals surface area contributed by atoms with Gasteiger partial charge in [-0.2, -0.15) is 0 Å². The lowest BCUT2D eigenvalue weighted by molar-refractivity contribution is 0.323. The summed E-state index contributed by atoms with van der Waals surface area (Å²) in [6.07, 6.45) is 3.93. The minimum absolute atomic E-state index is 0.0978. The molecule has 5 heteroatoms. The van der Waals surface area contributed by atoms with E-state index in [2.05, 4.69) is 32.3 Å². The van der Waals surface area contributed by atoms with Crippen LogP contribution >= 0.6 is 0 Å². The average Bonchev–Trinajstić information content (AvgIpc) is 3.16. The summed E-state index contributed by atoms with van der Waals surface area (Å²) in [6, 6.07) is 15.4. The maximum Gasteiger partial charge on any atom is 0.149 e. The summed E-state index contributed by atoms with van der Waals surface area (Å²) in [5.41, 5.74) is 1.56. The van der Waals surface area contributed by atoms with E-state index in [1.165, 1.54) is 30.8 Å². The molecule has 0 bridgehead atoms. The number of benzene rings is 2. The number of halogens is 1. The van der Waals surface area contributed by atoms with Crippen molar-refractivity contribution in [2.75, 3.05) is 25.0 Å². The maximum absolute atomic E-state index is 14.0. The van der Waals surface area contributed by atoms with Gasteiger partial charge < -0.3 is 10.2 Å². The summed E-state index contributed by atoms with van der Waals surface area (Å²) < 4.78 is 14.0. The monoisotopic (exact) mass is 336 g/mol. The third-order valence-electron chi connectivity index (χ3n) is 4.77. The van der Waals surface area contributed by atoms with Crippen LogP contribution in [0.1, 0.15) is 24.4 Å². The molecule has 1 aromatic heterocycles. The van der Waals surface area contributed by atoms with Crippen LogP contribution < -0.4 is 5.32 Å². The fourth-order valence-electron chi connectivity index (χ4n) is 3.47. The second kappa shape index (κ2) is 7.15. The molecule has 0 radical (unpaired) electrons. The van der Waals surface area contributed by atoms with E-state index < -0.39 is 0 Å². The van der Waals surface area contributed by atoms with E-state index >= 15 is 0 Å². The molecule has 1 unspecified atom stereocenters. The summed E-state index contributed by atoms with van der Waals surface area (Å²) in [5.74, 6) is 0.358. The summed E-state index contributed by atoms with van der Waals surface area (Å²) in [4.78, 5) is 10.9. The number of aromatic nitrogens is 2. The number of hydrogen-bond acceptors (Lipinski definition) is 4. The molecule has 1 N–H and O–H groups in total. The molecule has 1 saturated heterocycles. The standard InChI is InChI=1S/C20H21FN4/c21-17-10-6-9-16-19(17)22-14-23-20(16)24-18(13-25-11-4-5-12-25)15-7-2-1-3-8-15/h1-3,6-10,14,18H,4-5,11-13H2,(H,22,23,24). The van der Waals surface area contributed by atoms with E-state index in [0.717, 1.165) is 19.6 Å². The molecular weight excluding hydrogens is 315 g/mol. The van der Waals surface area contributed by atoms with Crippen LogP contribution in [0.4, 0.5) is 10.2 Å². The topological polar surface area (TPSA) is 41.0 Å². The van der Waals surface area contributed by atoms with Crippen molar-refractivity contribution in [3.8, 4) is 0 Å². The van der Waals surface area contributed by atoms with Crippen LogP contribution in [0.5, 0.6) is 0 Å². The van der Waals surface area contributed by atoms with Crippen molar-refractivity contribution in [2.24, 2.45) is 0 Å². The lowest BCUT2D eigenvalue weighted by Crippen LogP contribution is -2.29. The Kier molecular flexibility index (Phi) is 4.57. The van der Waals surface area contributed by atoms with Crippen LogP contribution in [-0.4, -0.2) is 34.5 Å². The van der Waals surface area contributed by atoms with Crippen molar-refractivity contribution in [1.29, 1.82) is 0 Å². The molecule has 2 aromatic carbocycles. The van der Waals surface area contributed by atoms with Gasteiger partial charge in [0.15, 0.2) is 0 Å². The molecule has 25 heavy (non-hydrogen) atoms. The van der Waals surface area contributed by atoms with E-state index in [9.17, 15) is 4.39 Å². The van der Waals surface area contributed by atoms with Crippen LogP contribution in [-0.2, 0) is 0 Å². The Labute approximate surface area is 146 Å². The molecule has 0 spiro atoms. The molecular formula is C20H21FN4. The molecule has 1 aliphatic heterocycles. The summed E-state index contributed by atoms with van der Waals surface area (Å²) in [7, 11) is 0. The van der Waals surface area contributed by atoms with Gasteiger partial charge in [-0.3, -0.25) is 0 Å². The Morgan fingerprint density at radius 2 is 1.80 bits per heavy atom. The number of fused-ring (bicyclic) bond motifs is 1. The molecule has 4 rings (SSSR count). The SMILES string of the molecule is Fc1cccc2c(NC(CN3CCCC3)c3ccccc3)ncnc12. The van der Waals surface area contributed by atoms with Gasteiger partial charge in [-0.15, -0.1) is 0 Å². The highest BCUT2D eigenvalue weighted by atomic mass is 19.1. The maximum atomic E-state index is 14.0. The molecule has 3 aromatic rings. The van der Waals surface area contributed by atoms with Crippen molar-refractivity contribution < 1.29 is 4.39 Å². The average molecular weight is 336 g/mol. The quantitative estimate of drug-likeness (QED) is 0.764. The predicted molar refractivity (Wildman–Crippen MR) is 98.0 cm³/mol. The zero-order valence-electron chi connectivity index (χ0n) is 14.0. The molecule has 128 valence electrons. The third kappa shape index (κ3) is 3.46. The number of nitrogens with zero attached hydrogens (tertiary/aromatic N) is 3. The Balaban J connectivity index is 1.67. The van der Waals surface area contributed by atoms with Crippen molar-refractivity contribution in [1.82, 2.24) is 14.9 Å². The number of anilines is 1. The van der Waals surface area contributed by atoms with Crippen molar-refractivity contribution in [3.05, 3.63) is 66.2 Å². The molecule has 0 amide bonds. The number of likely N-dealkylation sites (tertiary alicyclic amines) is 1. The Hall–Kier alpha value is -2.53. The van der Waals surface area contributed by atoms with Crippen LogP contribution in [0.3, 0.4) is 0 Å². The van der Waals surface area contributed by atoms with Gasteiger partial charge in [0.05, 0.1) is 6.04 Å². The minimum Gasteiger partial charge on any atom is -0.361 e. The second-order valence-electron chi connectivity index (χ2n) is 6.47. The normalized spacial score (nSPS) is 16.2. The van der Waals surface area contributed by atoms with Crippen LogP contribution in [0, 0.1) is 5.82 Å². The van der Waals surface area contributed by atoms with Gasteiger partial charge in [0.1, 0.15) is 23.5 Å². The van der Waals surface area contributed by atoms with Crippen LogP contribution in [0.15, 0.2) is 54.9 Å². The largest absolute Gasteiger partial charge is 0.361 e. The summed E-state index contributed by atoms with van der Waals surface area (Å²) >= 11 is 0. The van der Waals surface area contributed by atoms with E-state index in [1.54, 1.807) is 6.07 Å². The highest BCUT2D eigenvalue weighted by molar-refractivity contribution is 5.89. The van der Waals surface area contributed by atoms with E-state index in [0.29, 0.717) is 16.7 Å². The highest BCUT2D eigenvalue weighted by Gasteiger charge is 2.20. The second-order valence-corrected chi connectivity index (χ2v) is 6.47. The highest BCUT2D eigenvalue weighted by Crippen LogP contribution is 2.26. The Bertz CT molecular complexity index is 847. The van der Waals surface area contributed by atoms with Crippen molar-refractivity contribution >= 4 is 16.7 Å². The van der Waals surface area contributed by atoms with Gasteiger partial charge in [0.2, 0.25) is 0 Å². The van der Waals surface area contributed by atoms with Crippen LogP contribution in [0.25, 0.3) is 10.9 Å². The van der Waals surface area contributed by atoms with E-state index in [1.807, 2.05) is 24.3 Å². The molecule has 1 aliphatic rings. The van der Waals surface area contributed by atoms with Gasteiger partial charge >= 0.3 is 0 Å².